The number of hydrogen-bond donors (Lipinski definition) is 1. The van der Waals surface area contributed by atoms with E-state index in [4.69, 9.17) is 9.47 Å². The molecule has 1 N–H and O–H groups in total. The van der Waals surface area contributed by atoms with Gasteiger partial charge in [0.15, 0.2) is 0 Å². The second-order valence-electron chi connectivity index (χ2n) is 5.27. The van der Waals surface area contributed by atoms with E-state index in [2.05, 4.69) is 13.8 Å². The molecule has 21 heavy (non-hydrogen) atoms. The fraction of sp³-hybridized carbons (Fsp3) is 0.438. The number of ether oxygens (including phenoxy) is 2. The highest BCUT2D eigenvalue weighted by atomic mass is 16.5. The quantitative estimate of drug-likeness (QED) is 0.888. The lowest BCUT2D eigenvalue weighted by Gasteiger charge is -2.14. The fourth-order valence-electron chi connectivity index (χ4n) is 2.61. The van der Waals surface area contributed by atoms with E-state index >= 15 is 0 Å². The zero-order valence-corrected chi connectivity index (χ0v) is 12.8. The zero-order chi connectivity index (χ0) is 15.6. The summed E-state index contributed by atoms with van der Waals surface area (Å²) in [6.07, 6.45) is 1.67. The zero-order valence-electron chi connectivity index (χ0n) is 12.8. The molecule has 0 radical (unpaired) electrons. The summed E-state index contributed by atoms with van der Waals surface area (Å²) in [4.78, 5) is 11.6. The molecule has 0 saturated carbocycles. The molecule has 1 aromatic heterocycles. The predicted octanol–water partition coefficient (Wildman–Crippen LogP) is 3.12. The smallest absolute Gasteiger partial charge is 0.338 e. The lowest BCUT2D eigenvalue weighted by atomic mass is 9.99. The molecule has 0 saturated heterocycles. The molecule has 0 aliphatic heterocycles. The summed E-state index contributed by atoms with van der Waals surface area (Å²) >= 11 is 0. The van der Waals surface area contributed by atoms with Crippen LogP contribution in [0.3, 0.4) is 0 Å². The number of carbonyl (C=O) groups is 1. The summed E-state index contributed by atoms with van der Waals surface area (Å²) in [6, 6.07) is 3.84. The van der Waals surface area contributed by atoms with Gasteiger partial charge in [-0.05, 0) is 17.5 Å². The van der Waals surface area contributed by atoms with Crippen LogP contribution in [-0.2, 0) is 11.3 Å². The van der Waals surface area contributed by atoms with Crippen LogP contribution in [0, 0.1) is 0 Å². The van der Waals surface area contributed by atoms with Crippen LogP contribution < -0.4 is 4.74 Å². The van der Waals surface area contributed by atoms with Gasteiger partial charge in [-0.1, -0.05) is 19.9 Å². The maximum absolute atomic E-state index is 11.6. The van der Waals surface area contributed by atoms with Gasteiger partial charge in [0.2, 0.25) is 0 Å². The minimum absolute atomic E-state index is 0.264. The molecule has 0 fully saturated rings. The van der Waals surface area contributed by atoms with Crippen LogP contribution in [0.4, 0.5) is 0 Å². The highest BCUT2D eigenvalue weighted by Gasteiger charge is 2.21. The number of carboxylic acid groups (broad SMARTS) is 1. The Morgan fingerprint density at radius 2 is 2.05 bits per heavy atom. The molecule has 0 atom stereocenters. The van der Waals surface area contributed by atoms with Gasteiger partial charge < -0.3 is 19.1 Å². The van der Waals surface area contributed by atoms with Gasteiger partial charge in [-0.3, -0.25) is 0 Å². The van der Waals surface area contributed by atoms with Crippen LogP contribution in [0.25, 0.3) is 10.9 Å². The van der Waals surface area contributed by atoms with Gasteiger partial charge in [-0.25, -0.2) is 4.79 Å². The third-order valence-electron chi connectivity index (χ3n) is 3.62. The number of aromatic nitrogens is 1. The topological polar surface area (TPSA) is 60.7 Å². The van der Waals surface area contributed by atoms with E-state index in [9.17, 15) is 9.90 Å². The van der Waals surface area contributed by atoms with Gasteiger partial charge in [0.25, 0.3) is 0 Å². The molecule has 1 aromatic carbocycles. The Balaban J connectivity index is 2.80. The summed E-state index contributed by atoms with van der Waals surface area (Å²) in [7, 11) is 3.19. The van der Waals surface area contributed by atoms with Crippen molar-refractivity contribution in [1.82, 2.24) is 4.57 Å². The third kappa shape index (κ3) is 2.74. The molecule has 114 valence electrons. The molecule has 0 unspecified atom stereocenters. The minimum Gasteiger partial charge on any atom is -0.496 e. The van der Waals surface area contributed by atoms with Gasteiger partial charge in [0.05, 0.1) is 30.2 Å². The summed E-state index contributed by atoms with van der Waals surface area (Å²) in [5.41, 5.74) is 2.29. The second-order valence-corrected chi connectivity index (χ2v) is 5.27. The minimum atomic E-state index is -0.949. The van der Waals surface area contributed by atoms with Crippen molar-refractivity contribution < 1.29 is 19.4 Å². The van der Waals surface area contributed by atoms with Crippen LogP contribution in [0.15, 0.2) is 18.3 Å². The largest absolute Gasteiger partial charge is 0.496 e. The molecule has 2 rings (SSSR count). The summed E-state index contributed by atoms with van der Waals surface area (Å²) in [5.74, 6) is -0.0745. The number of benzene rings is 1. The van der Waals surface area contributed by atoms with E-state index in [1.54, 1.807) is 20.4 Å². The summed E-state index contributed by atoms with van der Waals surface area (Å²) in [5, 5.41) is 10.1. The molecular formula is C16H21NO4. The standard InChI is InChI=1S/C16H21NO4/c1-10(2)11-5-6-13(21-4)14-12(16(18)19)9-17(15(11)14)7-8-20-3/h5-6,9-10H,7-8H2,1-4H3,(H,18,19). The van der Waals surface area contributed by atoms with Crippen LogP contribution in [-0.4, -0.2) is 36.5 Å². The van der Waals surface area contributed by atoms with Gasteiger partial charge in [-0.2, -0.15) is 0 Å². The fourth-order valence-corrected chi connectivity index (χ4v) is 2.61. The van der Waals surface area contributed by atoms with Crippen molar-refractivity contribution in [2.24, 2.45) is 0 Å². The van der Waals surface area contributed by atoms with Gasteiger partial charge >= 0.3 is 5.97 Å². The Hall–Kier alpha value is -2.01. The Morgan fingerprint density at radius 3 is 2.57 bits per heavy atom. The van der Waals surface area contributed by atoms with Crippen molar-refractivity contribution in [2.75, 3.05) is 20.8 Å². The molecular weight excluding hydrogens is 270 g/mol. The average molecular weight is 291 g/mol. The van der Waals surface area contributed by atoms with E-state index < -0.39 is 5.97 Å². The first kappa shape index (κ1) is 15.4. The maximum atomic E-state index is 11.6. The van der Waals surface area contributed by atoms with E-state index in [1.165, 1.54) is 0 Å². The monoisotopic (exact) mass is 291 g/mol. The van der Waals surface area contributed by atoms with Gasteiger partial charge in [0, 0.05) is 19.9 Å². The number of aromatic carboxylic acids is 1. The predicted molar refractivity (Wildman–Crippen MR) is 81.4 cm³/mol. The lowest BCUT2D eigenvalue weighted by Crippen LogP contribution is -2.05. The van der Waals surface area contributed by atoms with E-state index in [0.29, 0.717) is 24.3 Å². The Bertz CT molecular complexity index is 658. The van der Waals surface area contributed by atoms with Crippen molar-refractivity contribution in [1.29, 1.82) is 0 Å². The number of fused-ring (bicyclic) bond motifs is 1. The second kappa shape index (κ2) is 6.18. The summed E-state index contributed by atoms with van der Waals surface area (Å²) in [6.45, 7) is 5.31. The van der Waals surface area contributed by atoms with Crippen molar-refractivity contribution in [3.8, 4) is 5.75 Å². The van der Waals surface area contributed by atoms with Crippen molar-refractivity contribution in [3.63, 3.8) is 0 Å². The molecule has 5 heteroatoms. The number of nitrogens with zero attached hydrogens (tertiary/aromatic N) is 1. The SMILES string of the molecule is COCCn1cc(C(=O)O)c2c(OC)ccc(C(C)C)c21. The van der Waals surface area contributed by atoms with Crippen molar-refractivity contribution >= 4 is 16.9 Å². The van der Waals surface area contributed by atoms with Crippen molar-refractivity contribution in [3.05, 3.63) is 29.5 Å². The molecule has 0 spiro atoms. The van der Waals surface area contributed by atoms with Gasteiger partial charge in [0.1, 0.15) is 5.75 Å². The number of carboxylic acids is 1. The normalized spacial score (nSPS) is 11.3. The Kier molecular flexibility index (Phi) is 4.53. The van der Waals surface area contributed by atoms with Crippen LogP contribution in [0.1, 0.15) is 35.7 Å². The molecule has 0 bridgehead atoms. The number of methoxy groups -OCH3 is 2. The number of rotatable bonds is 6. The third-order valence-corrected chi connectivity index (χ3v) is 3.62. The average Bonchev–Trinajstić information content (AvgIpc) is 2.83. The molecule has 0 aliphatic carbocycles. The molecule has 0 amide bonds. The van der Waals surface area contributed by atoms with Crippen LogP contribution in [0.5, 0.6) is 5.75 Å². The van der Waals surface area contributed by atoms with E-state index in [0.717, 1.165) is 11.1 Å². The first-order valence-corrected chi connectivity index (χ1v) is 6.93. The van der Waals surface area contributed by atoms with E-state index in [1.807, 2.05) is 16.7 Å². The lowest BCUT2D eigenvalue weighted by molar-refractivity contribution is 0.0698. The highest BCUT2D eigenvalue weighted by molar-refractivity contribution is 6.07. The highest BCUT2D eigenvalue weighted by Crippen LogP contribution is 2.36. The first-order valence-electron chi connectivity index (χ1n) is 6.93. The van der Waals surface area contributed by atoms with Crippen LogP contribution in [0.2, 0.25) is 0 Å². The Labute approximate surface area is 124 Å². The number of hydrogen-bond acceptors (Lipinski definition) is 3. The first-order chi connectivity index (χ1) is 10.0. The summed E-state index contributed by atoms with van der Waals surface area (Å²) < 4.78 is 12.4. The van der Waals surface area contributed by atoms with Gasteiger partial charge in [-0.15, -0.1) is 0 Å². The van der Waals surface area contributed by atoms with Crippen molar-refractivity contribution in [2.45, 2.75) is 26.3 Å². The molecule has 5 nitrogen and oxygen atoms in total. The molecule has 2 aromatic rings. The van der Waals surface area contributed by atoms with E-state index in [-0.39, 0.29) is 11.5 Å². The maximum Gasteiger partial charge on any atom is 0.338 e. The van der Waals surface area contributed by atoms with Crippen LogP contribution >= 0.6 is 0 Å². The molecule has 1 heterocycles. The Morgan fingerprint density at radius 1 is 1.33 bits per heavy atom. The molecule has 0 aliphatic rings.